The fourth-order valence-corrected chi connectivity index (χ4v) is 2.29. The molecule has 0 heterocycles. The maximum atomic E-state index is 3.11. The number of hydrogen-bond acceptors (Lipinski definition) is 1. The van der Waals surface area contributed by atoms with E-state index in [2.05, 4.69) is 71.4 Å². The van der Waals surface area contributed by atoms with Crippen molar-refractivity contribution >= 4 is 36.9 Å². The van der Waals surface area contributed by atoms with Crippen molar-refractivity contribution in [2.75, 3.05) is 19.0 Å². The number of anilines is 1. The molecule has 0 N–H and O–H groups in total. The van der Waals surface area contributed by atoms with Gasteiger partial charge in [-0.1, -0.05) is 0 Å². The first-order chi connectivity index (χ1) is 6.70. The third kappa shape index (κ3) is 1.52. The summed E-state index contributed by atoms with van der Waals surface area (Å²) >= 11 is 3.11. The molecule has 1 nitrogen and oxygen atoms in total. The van der Waals surface area contributed by atoms with Crippen LogP contribution in [0.25, 0.3) is 10.8 Å². The zero-order chi connectivity index (χ0) is 10.1. The number of hydrogen-bond donors (Lipinski definition) is 0. The molecule has 0 bridgehead atoms. The van der Waals surface area contributed by atoms with Crippen LogP contribution in [0.15, 0.2) is 36.4 Å². The molecule has 72 valence electrons. The van der Waals surface area contributed by atoms with Crippen molar-refractivity contribution in [1.29, 1.82) is 0 Å². The monoisotopic (exact) mass is 250 g/mol. The van der Waals surface area contributed by atoms with Crippen LogP contribution in [-0.2, 0) is 0 Å². The SMILES string of the molecule is CN(C)c1cccc2cccc([Se-])c12. The van der Waals surface area contributed by atoms with E-state index < -0.39 is 0 Å². The Labute approximate surface area is 92.5 Å². The van der Waals surface area contributed by atoms with E-state index in [1.165, 1.54) is 20.9 Å². The van der Waals surface area contributed by atoms with Crippen LogP contribution in [0.4, 0.5) is 5.69 Å². The summed E-state index contributed by atoms with van der Waals surface area (Å²) in [5, 5.41) is 2.59. The van der Waals surface area contributed by atoms with Gasteiger partial charge in [0, 0.05) is 0 Å². The van der Waals surface area contributed by atoms with Crippen molar-refractivity contribution in [1.82, 2.24) is 0 Å². The Morgan fingerprint density at radius 2 is 1.64 bits per heavy atom. The molecule has 0 atom stereocenters. The second-order valence-electron chi connectivity index (χ2n) is 3.53. The predicted octanol–water partition coefficient (Wildman–Crippen LogP) is 1.70. The Morgan fingerprint density at radius 3 is 2.29 bits per heavy atom. The van der Waals surface area contributed by atoms with Gasteiger partial charge in [-0.25, -0.2) is 0 Å². The van der Waals surface area contributed by atoms with Crippen LogP contribution in [0.3, 0.4) is 0 Å². The molecule has 0 aliphatic heterocycles. The zero-order valence-electron chi connectivity index (χ0n) is 8.32. The average Bonchev–Trinajstić information content (AvgIpc) is 2.17. The molecule has 0 saturated heterocycles. The molecular weight excluding hydrogens is 237 g/mol. The minimum absolute atomic E-state index is 1.21. The van der Waals surface area contributed by atoms with E-state index in [1.807, 2.05) is 0 Å². The molecule has 2 aromatic carbocycles. The van der Waals surface area contributed by atoms with Gasteiger partial charge in [0.05, 0.1) is 0 Å². The molecule has 0 aromatic heterocycles. The number of benzene rings is 2. The second kappa shape index (κ2) is 3.64. The van der Waals surface area contributed by atoms with Crippen LogP contribution in [0.1, 0.15) is 0 Å². The summed E-state index contributed by atoms with van der Waals surface area (Å²) in [6.45, 7) is 0. The molecule has 2 aromatic rings. The summed E-state index contributed by atoms with van der Waals surface area (Å²) in [6.07, 6.45) is 0. The molecule has 0 fully saturated rings. The van der Waals surface area contributed by atoms with E-state index in [1.54, 1.807) is 0 Å². The summed E-state index contributed by atoms with van der Waals surface area (Å²) in [5.41, 5.74) is 1.26. The van der Waals surface area contributed by atoms with Gasteiger partial charge < -0.3 is 0 Å². The van der Waals surface area contributed by atoms with Crippen molar-refractivity contribution in [2.45, 2.75) is 0 Å². The normalized spacial score (nSPS) is 10.4. The summed E-state index contributed by atoms with van der Waals surface area (Å²) in [5.74, 6) is 0. The molecular formula is C12H12NSe-. The molecule has 0 spiro atoms. The third-order valence-electron chi connectivity index (χ3n) is 2.33. The van der Waals surface area contributed by atoms with Crippen molar-refractivity contribution < 1.29 is 0 Å². The van der Waals surface area contributed by atoms with Crippen LogP contribution < -0.4 is 9.36 Å². The standard InChI is InChI=1S/C12H13NSe/c1-13(2)10-7-3-5-9-6-4-8-11(14)12(9)10/h3-8,14H,1-2H3/p-1. The Morgan fingerprint density at radius 1 is 1.00 bits per heavy atom. The van der Waals surface area contributed by atoms with E-state index in [9.17, 15) is 0 Å². The fourth-order valence-electron chi connectivity index (χ4n) is 1.66. The number of fused-ring (bicyclic) bond motifs is 1. The van der Waals surface area contributed by atoms with Crippen LogP contribution in [-0.4, -0.2) is 30.1 Å². The Hall–Kier alpha value is -0.981. The molecule has 0 saturated carbocycles. The first-order valence-electron chi connectivity index (χ1n) is 4.56. The van der Waals surface area contributed by atoms with Gasteiger partial charge in [0.25, 0.3) is 0 Å². The first-order valence-corrected chi connectivity index (χ1v) is 5.42. The van der Waals surface area contributed by atoms with Crippen LogP contribution >= 0.6 is 0 Å². The number of nitrogens with zero attached hydrogens (tertiary/aromatic N) is 1. The van der Waals surface area contributed by atoms with E-state index in [0.717, 1.165) is 0 Å². The van der Waals surface area contributed by atoms with Crippen molar-refractivity contribution in [3.05, 3.63) is 36.4 Å². The topological polar surface area (TPSA) is 3.24 Å². The van der Waals surface area contributed by atoms with Gasteiger partial charge in [-0.2, -0.15) is 0 Å². The third-order valence-corrected chi connectivity index (χ3v) is 3.04. The summed E-state index contributed by atoms with van der Waals surface area (Å²) in [4.78, 5) is 2.14. The van der Waals surface area contributed by atoms with Gasteiger partial charge in [-0.3, -0.25) is 0 Å². The quantitative estimate of drug-likeness (QED) is 0.695. The van der Waals surface area contributed by atoms with E-state index >= 15 is 0 Å². The molecule has 0 amide bonds. The Balaban J connectivity index is 2.84. The molecule has 2 rings (SSSR count). The van der Waals surface area contributed by atoms with Gasteiger partial charge in [0.15, 0.2) is 0 Å². The Kier molecular flexibility index (Phi) is 2.49. The van der Waals surface area contributed by atoms with Crippen LogP contribution in [0.2, 0.25) is 0 Å². The van der Waals surface area contributed by atoms with Crippen molar-refractivity contribution in [3.63, 3.8) is 0 Å². The fraction of sp³-hybridized carbons (Fsp3) is 0.167. The van der Waals surface area contributed by atoms with Crippen molar-refractivity contribution in [3.8, 4) is 0 Å². The molecule has 14 heavy (non-hydrogen) atoms. The molecule has 0 aliphatic rings. The van der Waals surface area contributed by atoms with Gasteiger partial charge >= 0.3 is 92.3 Å². The van der Waals surface area contributed by atoms with Gasteiger partial charge in [-0.15, -0.1) is 0 Å². The minimum atomic E-state index is 1.21. The number of rotatable bonds is 1. The molecule has 0 radical (unpaired) electrons. The van der Waals surface area contributed by atoms with Gasteiger partial charge in [0.1, 0.15) is 0 Å². The summed E-state index contributed by atoms with van der Waals surface area (Å²) < 4.78 is 1.21. The average molecular weight is 249 g/mol. The van der Waals surface area contributed by atoms with E-state index in [4.69, 9.17) is 0 Å². The van der Waals surface area contributed by atoms with Gasteiger partial charge in [-0.05, 0) is 0 Å². The summed E-state index contributed by atoms with van der Waals surface area (Å²) in [7, 11) is 4.14. The molecule has 2 heteroatoms. The zero-order valence-corrected chi connectivity index (χ0v) is 10.0. The first kappa shape index (κ1) is 9.57. The van der Waals surface area contributed by atoms with Crippen molar-refractivity contribution in [2.24, 2.45) is 0 Å². The summed E-state index contributed by atoms with van der Waals surface area (Å²) in [6, 6.07) is 12.7. The van der Waals surface area contributed by atoms with Crippen LogP contribution in [0.5, 0.6) is 0 Å². The van der Waals surface area contributed by atoms with Gasteiger partial charge in [0.2, 0.25) is 0 Å². The maximum absolute atomic E-state index is 3.11. The predicted molar refractivity (Wildman–Crippen MR) is 63.7 cm³/mol. The molecule has 0 unspecified atom stereocenters. The Bertz CT molecular complexity index is 458. The molecule has 0 aliphatic carbocycles. The van der Waals surface area contributed by atoms with E-state index in [-0.39, 0.29) is 0 Å². The van der Waals surface area contributed by atoms with Crippen LogP contribution in [0, 0.1) is 0 Å². The second-order valence-corrected chi connectivity index (χ2v) is 4.45. The van der Waals surface area contributed by atoms with E-state index in [0.29, 0.717) is 0 Å².